The lowest BCUT2D eigenvalue weighted by Gasteiger charge is -2.14. The molecule has 0 amide bonds. The first-order valence-electron chi connectivity index (χ1n) is 7.98. The van der Waals surface area contributed by atoms with Crippen molar-refractivity contribution in [2.45, 2.75) is 26.4 Å². The molecule has 0 aliphatic heterocycles. The second-order valence-electron chi connectivity index (χ2n) is 5.22. The van der Waals surface area contributed by atoms with Crippen molar-refractivity contribution in [1.82, 2.24) is 15.6 Å². The maximum absolute atomic E-state index is 12.9. The van der Waals surface area contributed by atoms with E-state index in [0.717, 1.165) is 17.5 Å². The third-order valence-corrected chi connectivity index (χ3v) is 3.34. The number of guanidine groups is 1. The highest BCUT2D eigenvalue weighted by molar-refractivity contribution is 5.79. The highest BCUT2D eigenvalue weighted by Gasteiger charge is 2.06. The molecule has 0 unspecified atom stereocenters. The molecule has 2 N–H and O–H groups in total. The highest BCUT2D eigenvalue weighted by Crippen LogP contribution is 2.14. The summed E-state index contributed by atoms with van der Waals surface area (Å²) in [5.74, 6) is 1.06. The fourth-order valence-electron chi connectivity index (χ4n) is 2.07. The molecule has 2 rings (SSSR count). The molecule has 0 aliphatic rings. The van der Waals surface area contributed by atoms with Gasteiger partial charge in [-0.3, -0.25) is 4.99 Å². The lowest BCUT2D eigenvalue weighted by atomic mass is 10.2. The molecule has 0 radical (unpaired) electrons. The maximum atomic E-state index is 12.9. The van der Waals surface area contributed by atoms with Gasteiger partial charge in [0.1, 0.15) is 5.82 Å². The van der Waals surface area contributed by atoms with Crippen LogP contribution in [0.1, 0.15) is 24.5 Å². The van der Waals surface area contributed by atoms with E-state index in [1.54, 1.807) is 25.4 Å². The highest BCUT2D eigenvalue weighted by atomic mass is 19.1. The van der Waals surface area contributed by atoms with Gasteiger partial charge in [-0.1, -0.05) is 25.1 Å². The van der Waals surface area contributed by atoms with Crippen molar-refractivity contribution in [3.8, 4) is 5.88 Å². The summed E-state index contributed by atoms with van der Waals surface area (Å²) in [6, 6.07) is 10.2. The van der Waals surface area contributed by atoms with Crippen LogP contribution in [0.5, 0.6) is 5.88 Å². The van der Waals surface area contributed by atoms with Gasteiger partial charge in [0.15, 0.2) is 5.96 Å². The monoisotopic (exact) mass is 330 g/mol. The van der Waals surface area contributed by atoms with Gasteiger partial charge in [-0.05, 0) is 30.2 Å². The Kier molecular flexibility index (Phi) is 7.01. The minimum Gasteiger partial charge on any atom is -0.477 e. The van der Waals surface area contributed by atoms with Crippen molar-refractivity contribution in [2.75, 3.05) is 13.7 Å². The number of ether oxygens (including phenoxy) is 1. The third kappa shape index (κ3) is 5.53. The number of hydrogen-bond donors (Lipinski definition) is 2. The number of halogens is 1. The zero-order valence-electron chi connectivity index (χ0n) is 14.1. The van der Waals surface area contributed by atoms with E-state index >= 15 is 0 Å². The van der Waals surface area contributed by atoms with E-state index in [9.17, 15) is 4.39 Å². The Labute approximate surface area is 142 Å². The van der Waals surface area contributed by atoms with Crippen LogP contribution in [-0.4, -0.2) is 24.6 Å². The Morgan fingerprint density at radius 2 is 1.92 bits per heavy atom. The van der Waals surface area contributed by atoms with Crippen molar-refractivity contribution in [3.05, 3.63) is 59.5 Å². The normalized spacial score (nSPS) is 11.2. The average Bonchev–Trinajstić information content (AvgIpc) is 2.62. The third-order valence-electron chi connectivity index (χ3n) is 3.34. The molecule has 24 heavy (non-hydrogen) atoms. The number of nitrogens with zero attached hydrogens (tertiary/aromatic N) is 2. The van der Waals surface area contributed by atoms with Crippen molar-refractivity contribution in [3.63, 3.8) is 0 Å². The quantitative estimate of drug-likeness (QED) is 0.605. The van der Waals surface area contributed by atoms with E-state index in [0.29, 0.717) is 31.5 Å². The molecule has 0 aliphatic carbocycles. The Morgan fingerprint density at radius 1 is 1.17 bits per heavy atom. The molecule has 0 bridgehead atoms. The molecule has 2 aromatic rings. The van der Waals surface area contributed by atoms with Gasteiger partial charge in [0.25, 0.3) is 0 Å². The van der Waals surface area contributed by atoms with Crippen LogP contribution < -0.4 is 15.4 Å². The Bertz CT molecular complexity index is 658. The molecule has 0 spiro atoms. The van der Waals surface area contributed by atoms with E-state index in [2.05, 4.69) is 27.5 Å². The van der Waals surface area contributed by atoms with Crippen LogP contribution in [0.15, 0.2) is 47.6 Å². The molecule has 5 nitrogen and oxygen atoms in total. The summed E-state index contributed by atoms with van der Waals surface area (Å²) in [5.41, 5.74) is 1.95. The Balaban J connectivity index is 1.88. The summed E-state index contributed by atoms with van der Waals surface area (Å²) < 4.78 is 18.6. The number of rotatable bonds is 7. The Morgan fingerprint density at radius 3 is 2.62 bits per heavy atom. The van der Waals surface area contributed by atoms with Crippen molar-refractivity contribution < 1.29 is 9.13 Å². The lowest BCUT2D eigenvalue weighted by Crippen LogP contribution is -2.36. The van der Waals surface area contributed by atoms with Crippen molar-refractivity contribution in [1.29, 1.82) is 0 Å². The fourth-order valence-corrected chi connectivity index (χ4v) is 2.07. The lowest BCUT2D eigenvalue weighted by molar-refractivity contribution is 0.301. The molecule has 0 atom stereocenters. The summed E-state index contributed by atoms with van der Waals surface area (Å²) in [5, 5.41) is 6.42. The zero-order chi connectivity index (χ0) is 17.2. The van der Waals surface area contributed by atoms with Crippen LogP contribution in [0.2, 0.25) is 0 Å². The number of benzene rings is 1. The minimum atomic E-state index is -0.238. The molecule has 1 aromatic carbocycles. The van der Waals surface area contributed by atoms with Gasteiger partial charge in [-0.25, -0.2) is 9.37 Å². The van der Waals surface area contributed by atoms with Crippen LogP contribution in [0, 0.1) is 5.82 Å². The van der Waals surface area contributed by atoms with Gasteiger partial charge in [-0.2, -0.15) is 0 Å². The van der Waals surface area contributed by atoms with E-state index < -0.39 is 0 Å². The van der Waals surface area contributed by atoms with E-state index in [1.165, 1.54) is 12.1 Å². The van der Waals surface area contributed by atoms with Gasteiger partial charge in [-0.15, -0.1) is 0 Å². The summed E-state index contributed by atoms with van der Waals surface area (Å²) in [4.78, 5) is 8.45. The van der Waals surface area contributed by atoms with Crippen LogP contribution in [-0.2, 0) is 13.1 Å². The van der Waals surface area contributed by atoms with Gasteiger partial charge in [0.2, 0.25) is 5.88 Å². The second kappa shape index (κ2) is 9.50. The predicted molar refractivity (Wildman–Crippen MR) is 93.5 cm³/mol. The van der Waals surface area contributed by atoms with Crippen molar-refractivity contribution in [2.24, 2.45) is 4.99 Å². The zero-order valence-corrected chi connectivity index (χ0v) is 14.1. The van der Waals surface area contributed by atoms with Gasteiger partial charge < -0.3 is 15.4 Å². The first-order valence-corrected chi connectivity index (χ1v) is 7.98. The maximum Gasteiger partial charge on any atom is 0.218 e. The summed E-state index contributed by atoms with van der Waals surface area (Å²) >= 11 is 0. The average molecular weight is 330 g/mol. The molecule has 1 heterocycles. The summed E-state index contributed by atoms with van der Waals surface area (Å²) in [6.07, 6.45) is 2.65. The fraction of sp³-hybridized carbons (Fsp3) is 0.333. The second-order valence-corrected chi connectivity index (χ2v) is 5.22. The molecule has 128 valence electrons. The summed E-state index contributed by atoms with van der Waals surface area (Å²) in [6.45, 7) is 3.81. The van der Waals surface area contributed by atoms with Crippen LogP contribution in [0.25, 0.3) is 0 Å². The number of aromatic nitrogens is 1. The largest absolute Gasteiger partial charge is 0.477 e. The van der Waals surface area contributed by atoms with Gasteiger partial charge in [0.05, 0.1) is 6.61 Å². The molecular weight excluding hydrogens is 307 g/mol. The molecule has 0 saturated heterocycles. The van der Waals surface area contributed by atoms with E-state index in [4.69, 9.17) is 4.74 Å². The number of hydrogen-bond acceptors (Lipinski definition) is 3. The molecule has 1 aromatic heterocycles. The van der Waals surface area contributed by atoms with Crippen molar-refractivity contribution >= 4 is 5.96 Å². The first kappa shape index (κ1) is 17.7. The minimum absolute atomic E-state index is 0.238. The number of pyridine rings is 1. The standard InChI is InChI=1S/C18H23FN4O/c1-3-11-24-17-15(5-4-10-21-17)13-23-18(20-2)22-12-14-6-8-16(19)9-7-14/h4-10H,3,11-13H2,1-2H3,(H2,20,22,23). The molecular formula is C18H23FN4O. The van der Waals surface area contributed by atoms with Gasteiger partial charge >= 0.3 is 0 Å². The topological polar surface area (TPSA) is 58.5 Å². The van der Waals surface area contributed by atoms with E-state index in [-0.39, 0.29) is 5.82 Å². The smallest absolute Gasteiger partial charge is 0.218 e. The summed E-state index contributed by atoms with van der Waals surface area (Å²) in [7, 11) is 1.71. The molecule has 0 fully saturated rings. The molecule has 0 saturated carbocycles. The SMILES string of the molecule is CCCOc1ncccc1CNC(=NC)NCc1ccc(F)cc1. The van der Waals surface area contributed by atoms with Gasteiger partial charge in [0, 0.05) is 31.9 Å². The Hall–Kier alpha value is -2.63. The number of nitrogens with one attached hydrogen (secondary N) is 2. The molecule has 6 heteroatoms. The predicted octanol–water partition coefficient (Wildman–Crippen LogP) is 2.87. The van der Waals surface area contributed by atoms with Crippen LogP contribution in [0.4, 0.5) is 4.39 Å². The van der Waals surface area contributed by atoms with E-state index in [1.807, 2.05) is 12.1 Å². The number of aliphatic imine (C=N–C) groups is 1. The first-order chi connectivity index (χ1) is 11.7. The van der Waals surface area contributed by atoms with Crippen LogP contribution in [0.3, 0.4) is 0 Å². The van der Waals surface area contributed by atoms with Crippen LogP contribution >= 0.6 is 0 Å².